The van der Waals surface area contributed by atoms with E-state index in [4.69, 9.17) is 10.6 Å². The van der Waals surface area contributed by atoms with Gasteiger partial charge in [-0.15, -0.1) is 23.1 Å². The third-order valence-corrected chi connectivity index (χ3v) is 9.96. The van der Waals surface area contributed by atoms with Crippen molar-refractivity contribution in [2.75, 3.05) is 31.1 Å². The molecule has 0 saturated carbocycles. The zero-order valence-corrected chi connectivity index (χ0v) is 27.1. The molecule has 48 heavy (non-hydrogen) atoms. The van der Waals surface area contributed by atoms with Gasteiger partial charge in [0.05, 0.1) is 18.2 Å². The molecule has 0 radical (unpaired) electrons. The first-order valence-corrected chi connectivity index (χ1v) is 16.4. The van der Waals surface area contributed by atoms with Crippen LogP contribution in [0.25, 0.3) is 0 Å². The van der Waals surface area contributed by atoms with Crippen LogP contribution in [0.3, 0.4) is 0 Å². The van der Waals surface area contributed by atoms with Gasteiger partial charge in [-0.2, -0.15) is 0 Å². The predicted octanol–water partition coefficient (Wildman–Crippen LogP) is -1.45. The number of carbonyl (C=O) groups excluding carboxylic acids is 4. The number of anilines is 1. The molecule has 0 bridgehead atoms. The Kier molecular flexibility index (Phi) is 9.67. The van der Waals surface area contributed by atoms with Crippen molar-refractivity contribution in [1.29, 1.82) is 0 Å². The molecule has 4 heterocycles. The first-order chi connectivity index (χ1) is 22.6. The number of rotatable bonds is 10. The van der Waals surface area contributed by atoms with Gasteiger partial charge in [0.15, 0.2) is 10.8 Å². The number of hydrogen-bond donors (Lipinski definition) is 7. The van der Waals surface area contributed by atoms with Crippen LogP contribution in [0.1, 0.15) is 26.0 Å². The highest BCUT2D eigenvalue weighted by Crippen LogP contribution is 2.40. The topological polar surface area (TPSA) is 278 Å². The lowest BCUT2D eigenvalue weighted by atomic mass is 9.97. The summed E-state index contributed by atoms with van der Waals surface area (Å²) in [7, 11) is 0. The summed E-state index contributed by atoms with van der Waals surface area (Å²) < 4.78 is 0. The number of oxime groups is 1. The first kappa shape index (κ1) is 34.6. The monoisotopic (exact) mass is 708 g/mol. The third kappa shape index (κ3) is 6.66. The van der Waals surface area contributed by atoms with Crippen molar-refractivity contribution < 1.29 is 54.0 Å². The quantitative estimate of drug-likeness (QED) is 0.0634. The first-order valence-electron chi connectivity index (χ1n) is 14.4. The number of hydrogen-bond acceptors (Lipinski definition) is 14. The minimum atomic E-state index is -1.81. The number of β-lactam (4-membered cyclic amide) rings is 1. The van der Waals surface area contributed by atoms with E-state index >= 15 is 0 Å². The summed E-state index contributed by atoms with van der Waals surface area (Å²) in [4.78, 5) is 88.5. The smallest absolute Gasteiger partial charge is 0.352 e. The van der Waals surface area contributed by atoms with Crippen molar-refractivity contribution in [1.82, 2.24) is 30.3 Å². The number of aromatic nitrogens is 1. The summed E-state index contributed by atoms with van der Waals surface area (Å²) in [6.07, 6.45) is 0.977. The Bertz CT molecular complexity index is 1640. The van der Waals surface area contributed by atoms with Crippen LogP contribution in [0.2, 0.25) is 0 Å². The Morgan fingerprint density at radius 1 is 1.17 bits per heavy atom. The van der Waals surface area contributed by atoms with Crippen LogP contribution in [0.5, 0.6) is 0 Å². The molecule has 5 atom stereocenters. The summed E-state index contributed by atoms with van der Waals surface area (Å²) >= 11 is 2.11. The van der Waals surface area contributed by atoms with E-state index < -0.39 is 76.8 Å². The number of nitrogens with two attached hydrogens (primary N) is 1. The molecule has 0 aromatic carbocycles. The molecule has 19 nitrogen and oxygen atoms in total. The average molecular weight is 709 g/mol. The van der Waals surface area contributed by atoms with Gasteiger partial charge in [0.2, 0.25) is 5.60 Å². The maximum atomic E-state index is 13.3. The molecule has 4 aliphatic rings. The number of nitrogens with one attached hydrogen (secondary N) is 2. The number of aliphatic hydroxyl groups excluding tert-OH is 2. The van der Waals surface area contributed by atoms with Gasteiger partial charge in [-0.3, -0.25) is 14.5 Å². The normalized spacial score (nSPS) is 25.9. The molecule has 1 aromatic rings. The van der Waals surface area contributed by atoms with Gasteiger partial charge in [0.25, 0.3) is 11.8 Å². The highest BCUT2D eigenvalue weighted by atomic mass is 32.2. The molecular formula is C27H32N8O11S2. The molecular weight excluding hydrogens is 676 g/mol. The largest absolute Gasteiger partial charge is 0.478 e. The Morgan fingerprint density at radius 3 is 2.52 bits per heavy atom. The zero-order chi connectivity index (χ0) is 35.1. The second kappa shape index (κ2) is 13.4. The lowest BCUT2D eigenvalue weighted by molar-refractivity contribution is -0.161. The summed E-state index contributed by atoms with van der Waals surface area (Å²) in [6.45, 7) is 2.35. The fraction of sp³-hybridized carbons (Fsp3) is 0.481. The number of aliphatic carboxylic acids is 2. The van der Waals surface area contributed by atoms with Gasteiger partial charge in [0, 0.05) is 37.2 Å². The molecule has 2 saturated heterocycles. The summed E-state index contributed by atoms with van der Waals surface area (Å²) in [5.74, 6) is -4.46. The number of carboxylic acids is 2. The molecule has 4 unspecified atom stereocenters. The number of urea groups is 2. The van der Waals surface area contributed by atoms with Gasteiger partial charge in [-0.1, -0.05) is 17.3 Å². The van der Waals surface area contributed by atoms with Crippen molar-refractivity contribution in [2.24, 2.45) is 5.16 Å². The molecule has 21 heteroatoms. The van der Waals surface area contributed by atoms with E-state index in [9.17, 15) is 49.2 Å². The number of carboxylic acid groups (broad SMARTS) is 2. The van der Waals surface area contributed by atoms with E-state index in [1.54, 1.807) is 6.08 Å². The van der Waals surface area contributed by atoms with Crippen LogP contribution in [0.4, 0.5) is 14.7 Å². The maximum absolute atomic E-state index is 13.3. The number of thiazole rings is 1. The molecule has 6 amide bonds. The minimum Gasteiger partial charge on any atom is -0.478 e. The Morgan fingerprint density at radius 2 is 1.90 bits per heavy atom. The van der Waals surface area contributed by atoms with Crippen LogP contribution in [0.15, 0.2) is 34.0 Å². The molecule has 1 aromatic heterocycles. The summed E-state index contributed by atoms with van der Waals surface area (Å²) in [6, 6.07) is -3.11. The van der Waals surface area contributed by atoms with Gasteiger partial charge in [-0.25, -0.2) is 29.1 Å². The van der Waals surface area contributed by atoms with Crippen LogP contribution in [-0.4, -0.2) is 142 Å². The van der Waals surface area contributed by atoms with E-state index in [1.807, 2.05) is 0 Å². The fourth-order valence-corrected chi connectivity index (χ4v) is 7.12. The van der Waals surface area contributed by atoms with E-state index in [2.05, 4.69) is 20.8 Å². The van der Waals surface area contributed by atoms with E-state index in [-0.39, 0.29) is 53.9 Å². The van der Waals surface area contributed by atoms with E-state index in [0.717, 1.165) is 32.9 Å². The van der Waals surface area contributed by atoms with Crippen LogP contribution >= 0.6 is 23.1 Å². The molecule has 2 fully saturated rings. The van der Waals surface area contributed by atoms with Crippen molar-refractivity contribution in [3.8, 4) is 0 Å². The van der Waals surface area contributed by atoms with E-state index in [1.165, 1.54) is 30.2 Å². The number of aliphatic hydroxyl groups is 2. The van der Waals surface area contributed by atoms with E-state index in [0.29, 0.717) is 0 Å². The maximum Gasteiger partial charge on any atom is 0.352 e. The highest BCUT2D eigenvalue weighted by Gasteiger charge is 2.54. The Labute approximate surface area is 280 Å². The van der Waals surface area contributed by atoms with Gasteiger partial charge in [0.1, 0.15) is 22.8 Å². The van der Waals surface area contributed by atoms with Gasteiger partial charge >= 0.3 is 24.0 Å². The predicted molar refractivity (Wildman–Crippen MR) is 167 cm³/mol. The van der Waals surface area contributed by atoms with Crippen LogP contribution in [-0.2, 0) is 24.0 Å². The second-order valence-electron chi connectivity index (χ2n) is 11.6. The highest BCUT2D eigenvalue weighted by molar-refractivity contribution is 8.00. The van der Waals surface area contributed by atoms with Gasteiger partial charge < -0.3 is 46.5 Å². The number of carbonyl (C=O) groups is 6. The average Bonchev–Trinajstić information content (AvgIpc) is 3.64. The third-order valence-electron chi connectivity index (χ3n) is 7.94. The number of nitrogen functional groups attached to an aromatic ring is 1. The number of imide groups is 1. The number of thioether (sulfide) groups is 1. The number of nitrogens with zero attached hydrogens (tertiary/aromatic N) is 5. The van der Waals surface area contributed by atoms with Crippen molar-refractivity contribution >= 4 is 69.8 Å². The lowest BCUT2D eigenvalue weighted by Crippen LogP contribution is -2.71. The SMILES string of the molecule is CC(C)(O/N=C(\C(=O)NC1C(=O)N2C(C(=O)O)=C(CNC(=O)N3CCN(C4C=CC(O)C(O)C4)C3=O)CS[C@@H]12)c1csc(N)n1)C(=O)O. The fourth-order valence-electron chi connectivity index (χ4n) is 5.22. The van der Waals surface area contributed by atoms with Crippen molar-refractivity contribution in [3.63, 3.8) is 0 Å². The van der Waals surface area contributed by atoms with Crippen molar-refractivity contribution in [3.05, 3.63) is 34.5 Å². The Hall–Kier alpha value is -4.73. The standard InChI is InChI=1S/C27H32N8O11S2/c1-27(2,23(42)43)46-32-16(13-10-48-24(28)30-13)19(38)31-17-20(39)35-18(22(40)41)11(9-47-21(17)35)8-29-25(44)34-6-5-33(26(34)45)12-3-4-14(36)15(37)7-12/h3-4,10,12,14-15,17,21,36-37H,5-9H2,1-2H3,(H2,28,30)(H,29,44)(H,31,38)(H,40,41)(H,42,43)/b32-16-/t12?,14?,15?,17?,21-/m0/s1. The molecule has 8 N–H and O–H groups in total. The Balaban J connectivity index is 1.24. The summed E-state index contributed by atoms with van der Waals surface area (Å²) in [5.41, 5.74) is 3.19. The number of amides is 6. The number of fused-ring (bicyclic) bond motifs is 1. The summed E-state index contributed by atoms with van der Waals surface area (Å²) in [5, 5.41) is 48.3. The molecule has 258 valence electrons. The molecule has 5 rings (SSSR count). The minimum absolute atomic E-state index is 0.0357. The zero-order valence-electron chi connectivity index (χ0n) is 25.4. The van der Waals surface area contributed by atoms with Crippen molar-refractivity contribution in [2.45, 2.75) is 55.5 Å². The molecule has 0 spiro atoms. The molecule has 1 aliphatic carbocycles. The second-order valence-corrected chi connectivity index (χ2v) is 13.6. The van der Waals surface area contributed by atoms with Gasteiger partial charge in [-0.05, 0) is 19.4 Å². The molecule has 3 aliphatic heterocycles. The van der Waals surface area contributed by atoms with Crippen LogP contribution in [0, 0.1) is 0 Å². The lowest BCUT2D eigenvalue weighted by Gasteiger charge is -2.49. The van der Waals surface area contributed by atoms with Crippen LogP contribution < -0.4 is 16.4 Å².